The lowest BCUT2D eigenvalue weighted by atomic mass is 10.1. The largest absolute Gasteiger partial charge is 0.564 e. The Hall–Kier alpha value is -2.05. The Morgan fingerprint density at radius 1 is 1.50 bits per heavy atom. The number of nitriles is 1. The zero-order valence-corrected chi connectivity index (χ0v) is 12.4. The number of halogens is 3. The topological polar surface area (TPSA) is 76.7 Å². The summed E-state index contributed by atoms with van der Waals surface area (Å²) in [5, 5.41) is 17.4. The fourth-order valence-electron chi connectivity index (χ4n) is 1.64. The molecule has 2 heterocycles. The van der Waals surface area contributed by atoms with E-state index in [4.69, 9.17) is 10.4 Å². The number of hydrogen-bond donors (Lipinski definition) is 0. The van der Waals surface area contributed by atoms with Crippen LogP contribution in [0.1, 0.15) is 11.1 Å². The van der Waals surface area contributed by atoms with Gasteiger partial charge in [0.1, 0.15) is 11.1 Å². The van der Waals surface area contributed by atoms with Gasteiger partial charge in [-0.3, -0.25) is 0 Å². The molecule has 22 heavy (non-hydrogen) atoms. The number of alkyl halides is 3. The van der Waals surface area contributed by atoms with Crippen LogP contribution in [0, 0.1) is 11.3 Å². The molecular weight excluding hydrogens is 337 g/mol. The van der Waals surface area contributed by atoms with Crippen LogP contribution in [0.25, 0.3) is 10.6 Å². The van der Waals surface area contributed by atoms with Crippen LogP contribution in [-0.4, -0.2) is 21.8 Å². The number of carbonyl (C=O) groups excluding carboxylic acids is 1. The summed E-state index contributed by atoms with van der Waals surface area (Å²) in [6.45, 7) is 0. The van der Waals surface area contributed by atoms with Gasteiger partial charge < -0.3 is 5.11 Å². The van der Waals surface area contributed by atoms with Crippen molar-refractivity contribution in [2.75, 3.05) is 5.75 Å². The molecule has 0 unspecified atom stereocenters. The van der Waals surface area contributed by atoms with Crippen LogP contribution in [0.2, 0.25) is 0 Å². The maximum atomic E-state index is 13.1. The Kier molecular flexibility index (Phi) is 4.73. The van der Waals surface area contributed by atoms with Gasteiger partial charge in [-0.25, -0.2) is 4.98 Å². The van der Waals surface area contributed by atoms with Crippen molar-refractivity contribution < 1.29 is 23.1 Å². The first kappa shape index (κ1) is 16.3. The molecule has 0 radical (unpaired) electrons. The zero-order chi connectivity index (χ0) is 16.3. The van der Waals surface area contributed by atoms with Crippen molar-refractivity contribution in [1.29, 1.82) is 5.26 Å². The third-order valence-electron chi connectivity index (χ3n) is 2.52. The van der Waals surface area contributed by atoms with E-state index in [1.54, 1.807) is 17.5 Å². The average Bonchev–Trinajstić information content (AvgIpc) is 2.97. The van der Waals surface area contributed by atoms with E-state index < -0.39 is 23.3 Å². The number of nitrogens with zero attached hydrogens (tertiary/aromatic N) is 2. The number of thiophene rings is 1. The first-order valence-corrected chi connectivity index (χ1v) is 7.63. The minimum atomic E-state index is -4.71. The molecule has 2 aromatic rings. The molecule has 0 aliphatic heterocycles. The van der Waals surface area contributed by atoms with Gasteiger partial charge in [-0.1, -0.05) is 17.8 Å². The Bertz CT molecular complexity index is 737. The van der Waals surface area contributed by atoms with Gasteiger partial charge in [0.2, 0.25) is 0 Å². The minimum Gasteiger partial charge on any atom is -0.564 e. The monoisotopic (exact) mass is 345 g/mol. The van der Waals surface area contributed by atoms with E-state index >= 15 is 0 Å². The second kappa shape index (κ2) is 6.37. The summed E-state index contributed by atoms with van der Waals surface area (Å²) in [6.07, 6.45) is -4.71. The number of aromatic nitrogens is 1. The highest BCUT2D eigenvalue weighted by Gasteiger charge is 2.36. The predicted octanol–water partition coefficient (Wildman–Crippen LogP) is 3.04. The van der Waals surface area contributed by atoms with E-state index in [9.17, 15) is 18.0 Å². The number of carbonyl (C=O) groups is 1. The third kappa shape index (κ3) is 3.58. The summed E-state index contributed by atoms with van der Waals surface area (Å²) in [7, 11) is 0. The summed E-state index contributed by atoms with van der Waals surface area (Å²) < 4.78 is 39.4. The molecule has 4 nitrogen and oxygen atoms in total. The van der Waals surface area contributed by atoms with Crippen molar-refractivity contribution in [3.8, 4) is 16.6 Å². The van der Waals surface area contributed by atoms with Gasteiger partial charge in [0, 0.05) is 4.79 Å². The van der Waals surface area contributed by atoms with E-state index in [1.165, 1.54) is 17.4 Å². The fraction of sp³-hybridized carbons (Fsp3) is 0.154. The molecule has 0 fully saturated rings. The number of thioether (sulfide) groups is 1. The smallest absolute Gasteiger partial charge is 0.526 e. The summed E-state index contributed by atoms with van der Waals surface area (Å²) in [5.74, 6) is -1.32. The van der Waals surface area contributed by atoms with Crippen LogP contribution in [0.3, 0.4) is 0 Å². The Morgan fingerprint density at radius 2 is 2.23 bits per heavy atom. The van der Waals surface area contributed by atoms with E-state index in [2.05, 4.69) is 4.98 Å². The van der Waals surface area contributed by atoms with E-state index in [0.29, 0.717) is 16.6 Å². The van der Waals surface area contributed by atoms with Gasteiger partial charge in [0.05, 0.1) is 21.7 Å². The van der Waals surface area contributed by atoms with Crippen molar-refractivity contribution in [1.82, 2.24) is 4.98 Å². The van der Waals surface area contributed by atoms with Gasteiger partial charge in [-0.2, -0.15) is 18.4 Å². The quantitative estimate of drug-likeness (QED) is 0.630. The molecule has 2 aromatic heterocycles. The molecule has 2 rings (SSSR count). The van der Waals surface area contributed by atoms with Crippen molar-refractivity contribution >= 4 is 29.1 Å². The predicted molar refractivity (Wildman–Crippen MR) is 76.6 cm³/mol. The van der Waals surface area contributed by atoms with Gasteiger partial charge in [-0.05, 0) is 17.5 Å². The van der Waals surface area contributed by atoms with Gasteiger partial charge in [-0.15, -0.1) is 11.3 Å². The lowest BCUT2D eigenvalue weighted by molar-refractivity contribution is -0.138. The molecule has 0 atom stereocenters. The zero-order valence-electron chi connectivity index (χ0n) is 10.8. The standard InChI is InChI=1S/C13H7F3N2O2S2/c14-13(15,16)8-4-9(10-2-1-3-21-10)18-12(7(8)5-17)22-6-11(19)20/h1-4H,6H2,(H,19,20)/p+1. The number of hydrogen-bond acceptors (Lipinski definition) is 5. The average molecular weight is 345 g/mol. The maximum absolute atomic E-state index is 13.1. The van der Waals surface area contributed by atoms with Crippen LogP contribution in [0.4, 0.5) is 13.2 Å². The third-order valence-corrected chi connectivity index (χ3v) is 4.38. The number of pyridine rings is 1. The van der Waals surface area contributed by atoms with Crippen LogP contribution in [0.15, 0.2) is 28.6 Å². The van der Waals surface area contributed by atoms with Crippen molar-refractivity contribution in [2.24, 2.45) is 0 Å². The van der Waals surface area contributed by atoms with Crippen LogP contribution < -0.4 is 0 Å². The second-order valence-corrected chi connectivity index (χ2v) is 5.95. The molecule has 0 saturated carbocycles. The highest BCUT2D eigenvalue weighted by atomic mass is 32.2. The van der Waals surface area contributed by atoms with Crippen molar-refractivity contribution in [3.05, 3.63) is 34.7 Å². The Balaban J connectivity index is 2.62. The van der Waals surface area contributed by atoms with E-state index in [1.807, 2.05) is 0 Å². The summed E-state index contributed by atoms with van der Waals surface area (Å²) in [5.41, 5.74) is -1.63. The van der Waals surface area contributed by atoms with Gasteiger partial charge in [0.25, 0.3) is 0 Å². The maximum Gasteiger partial charge on any atom is 0.526 e. The SMILES string of the molecule is N#Cc1c(C(F)(F)F)cc(-c2cccs2)nc1SCC(=O)[OH2+]. The second-order valence-electron chi connectivity index (χ2n) is 4.03. The molecule has 0 aliphatic rings. The molecule has 9 heteroatoms. The highest BCUT2D eigenvalue weighted by molar-refractivity contribution is 7.99. The molecule has 2 N–H and O–H groups in total. The van der Waals surface area contributed by atoms with Crippen molar-refractivity contribution in [2.45, 2.75) is 11.2 Å². The molecule has 0 bridgehead atoms. The molecule has 0 aromatic carbocycles. The molecular formula is C13H8F3N2O2S2+. The summed E-state index contributed by atoms with van der Waals surface area (Å²) in [6, 6.07) is 5.61. The molecule has 114 valence electrons. The number of rotatable bonds is 4. The Morgan fingerprint density at radius 3 is 2.73 bits per heavy atom. The van der Waals surface area contributed by atoms with E-state index in [-0.39, 0.29) is 16.5 Å². The van der Waals surface area contributed by atoms with E-state index in [0.717, 1.165) is 6.07 Å². The summed E-state index contributed by atoms with van der Waals surface area (Å²) >= 11 is 1.87. The first-order chi connectivity index (χ1) is 10.3. The minimum absolute atomic E-state index is 0.0845. The lowest BCUT2D eigenvalue weighted by Gasteiger charge is -2.12. The van der Waals surface area contributed by atoms with Gasteiger partial charge >= 0.3 is 12.1 Å². The fourth-order valence-corrected chi connectivity index (χ4v) is 3.06. The molecule has 0 spiro atoms. The molecule has 0 aliphatic carbocycles. The van der Waals surface area contributed by atoms with Crippen LogP contribution >= 0.6 is 23.1 Å². The van der Waals surface area contributed by atoms with Crippen molar-refractivity contribution in [3.63, 3.8) is 0 Å². The molecule has 0 saturated heterocycles. The first-order valence-electron chi connectivity index (χ1n) is 5.76. The molecule has 0 amide bonds. The van der Waals surface area contributed by atoms with Crippen LogP contribution in [-0.2, 0) is 11.0 Å². The normalized spacial score (nSPS) is 11.2. The highest BCUT2D eigenvalue weighted by Crippen LogP contribution is 2.38. The van der Waals surface area contributed by atoms with Gasteiger partial charge in [0.15, 0.2) is 5.75 Å². The van der Waals surface area contributed by atoms with Crippen LogP contribution in [0.5, 0.6) is 0 Å². The lowest BCUT2D eigenvalue weighted by Crippen LogP contribution is -2.11. The Labute approximate surface area is 131 Å². The summed E-state index contributed by atoms with van der Waals surface area (Å²) in [4.78, 5) is 15.3.